The van der Waals surface area contributed by atoms with Crippen molar-refractivity contribution in [2.75, 3.05) is 5.32 Å². The molecule has 0 saturated heterocycles. The average molecular weight is 295 g/mol. The second-order valence-corrected chi connectivity index (χ2v) is 4.51. The molecule has 2 aromatic carbocycles. The Hall–Kier alpha value is -2.50. The van der Waals surface area contributed by atoms with Gasteiger partial charge in [-0.3, -0.25) is 0 Å². The minimum atomic E-state index is -1.21. The van der Waals surface area contributed by atoms with Crippen LogP contribution in [0.5, 0.6) is 0 Å². The Labute approximate surface area is 119 Å². The fraction of sp³-hybridized carbons (Fsp3) is 0.133. The highest BCUT2D eigenvalue weighted by Gasteiger charge is 2.16. The molecule has 0 fully saturated rings. The van der Waals surface area contributed by atoms with Gasteiger partial charge in [0, 0.05) is 5.56 Å². The molecule has 3 nitrogen and oxygen atoms in total. The average Bonchev–Trinajstić information content (AvgIpc) is 2.43. The summed E-state index contributed by atoms with van der Waals surface area (Å²) in [5.41, 5.74) is -0.174. The third kappa shape index (κ3) is 3.16. The maximum atomic E-state index is 13.7. The van der Waals surface area contributed by atoms with Gasteiger partial charge in [0.05, 0.1) is 17.3 Å². The van der Waals surface area contributed by atoms with E-state index in [9.17, 15) is 18.0 Å². The Morgan fingerprint density at radius 2 is 1.86 bits per heavy atom. The fourth-order valence-electron chi connectivity index (χ4n) is 1.93. The number of hydrogen-bond acceptors (Lipinski definition) is 2. The van der Waals surface area contributed by atoms with Crippen LogP contribution in [0.3, 0.4) is 0 Å². The molecule has 2 N–H and O–H groups in total. The monoisotopic (exact) mass is 295 g/mol. The van der Waals surface area contributed by atoms with Crippen LogP contribution in [0.15, 0.2) is 36.4 Å². The van der Waals surface area contributed by atoms with Crippen molar-refractivity contribution in [3.05, 3.63) is 65.0 Å². The van der Waals surface area contributed by atoms with Gasteiger partial charge in [-0.1, -0.05) is 12.1 Å². The van der Waals surface area contributed by atoms with Gasteiger partial charge in [0.15, 0.2) is 11.6 Å². The highest BCUT2D eigenvalue weighted by Crippen LogP contribution is 2.25. The zero-order valence-corrected chi connectivity index (χ0v) is 11.0. The molecule has 110 valence electrons. The third-order valence-corrected chi connectivity index (χ3v) is 3.03. The maximum absolute atomic E-state index is 13.7. The van der Waals surface area contributed by atoms with Gasteiger partial charge >= 0.3 is 5.97 Å². The lowest BCUT2D eigenvalue weighted by Gasteiger charge is -2.17. The molecule has 0 bridgehead atoms. The molecule has 0 aromatic heterocycles. The molecule has 0 aliphatic carbocycles. The number of rotatable bonds is 4. The number of nitrogens with one attached hydrogen (secondary N) is 1. The van der Waals surface area contributed by atoms with Gasteiger partial charge in [-0.25, -0.2) is 18.0 Å². The number of carbonyl (C=O) groups is 1. The molecule has 2 rings (SSSR count). The Morgan fingerprint density at radius 3 is 2.52 bits per heavy atom. The van der Waals surface area contributed by atoms with E-state index in [0.29, 0.717) is 0 Å². The van der Waals surface area contributed by atoms with E-state index in [2.05, 4.69) is 5.32 Å². The second-order valence-electron chi connectivity index (χ2n) is 4.51. The van der Waals surface area contributed by atoms with Crippen LogP contribution in [-0.2, 0) is 0 Å². The van der Waals surface area contributed by atoms with E-state index in [1.165, 1.54) is 19.1 Å². The first-order valence-corrected chi connectivity index (χ1v) is 6.13. The molecule has 0 radical (unpaired) electrons. The minimum absolute atomic E-state index is 0.0233. The first-order valence-electron chi connectivity index (χ1n) is 6.13. The van der Waals surface area contributed by atoms with Crippen LogP contribution < -0.4 is 5.32 Å². The molecule has 2 aromatic rings. The molecule has 0 saturated carbocycles. The summed E-state index contributed by atoms with van der Waals surface area (Å²) in [5.74, 6) is -3.90. The molecular weight excluding hydrogens is 283 g/mol. The van der Waals surface area contributed by atoms with Crippen LogP contribution in [0.2, 0.25) is 0 Å². The third-order valence-electron chi connectivity index (χ3n) is 3.03. The highest BCUT2D eigenvalue weighted by molar-refractivity contribution is 5.88. The molecule has 0 heterocycles. The summed E-state index contributed by atoms with van der Waals surface area (Å²) in [6, 6.07) is 6.18. The smallest absolute Gasteiger partial charge is 0.335 e. The van der Waals surface area contributed by atoms with Crippen molar-refractivity contribution in [3.63, 3.8) is 0 Å². The van der Waals surface area contributed by atoms with Crippen molar-refractivity contribution < 1.29 is 23.1 Å². The number of carboxylic acid groups (broad SMARTS) is 1. The summed E-state index contributed by atoms with van der Waals surface area (Å²) < 4.78 is 40.5. The summed E-state index contributed by atoms with van der Waals surface area (Å²) in [4.78, 5) is 10.9. The van der Waals surface area contributed by atoms with E-state index in [-0.39, 0.29) is 16.8 Å². The van der Waals surface area contributed by atoms with Gasteiger partial charge in [-0.2, -0.15) is 0 Å². The Kier molecular flexibility index (Phi) is 4.16. The topological polar surface area (TPSA) is 49.3 Å². The van der Waals surface area contributed by atoms with Crippen molar-refractivity contribution in [2.24, 2.45) is 0 Å². The highest BCUT2D eigenvalue weighted by atomic mass is 19.2. The molecule has 0 aliphatic heterocycles. The van der Waals surface area contributed by atoms with Crippen LogP contribution in [0.25, 0.3) is 0 Å². The number of halogens is 3. The number of hydrogen-bond donors (Lipinski definition) is 2. The quantitative estimate of drug-likeness (QED) is 0.897. The summed E-state index contributed by atoms with van der Waals surface area (Å²) in [6.07, 6.45) is 0. The lowest BCUT2D eigenvalue weighted by molar-refractivity contribution is 0.0697. The van der Waals surface area contributed by atoms with E-state index in [1.807, 2.05) is 0 Å². The van der Waals surface area contributed by atoms with Crippen LogP contribution in [-0.4, -0.2) is 11.1 Å². The van der Waals surface area contributed by atoms with Crippen LogP contribution in [0.4, 0.5) is 18.9 Å². The number of anilines is 1. The van der Waals surface area contributed by atoms with Gasteiger partial charge < -0.3 is 10.4 Å². The van der Waals surface area contributed by atoms with Gasteiger partial charge in [0.1, 0.15) is 5.82 Å². The van der Waals surface area contributed by atoms with Crippen LogP contribution in [0, 0.1) is 17.5 Å². The molecular formula is C15H12F3NO2. The van der Waals surface area contributed by atoms with Gasteiger partial charge in [0.2, 0.25) is 0 Å². The normalized spacial score (nSPS) is 12.0. The zero-order valence-electron chi connectivity index (χ0n) is 11.0. The van der Waals surface area contributed by atoms with Crippen LogP contribution >= 0.6 is 0 Å². The molecule has 1 atom stereocenters. The molecule has 21 heavy (non-hydrogen) atoms. The van der Waals surface area contributed by atoms with Crippen molar-refractivity contribution >= 4 is 11.7 Å². The summed E-state index contributed by atoms with van der Waals surface area (Å²) >= 11 is 0. The lowest BCUT2D eigenvalue weighted by Crippen LogP contribution is -2.11. The number of carboxylic acids is 1. The van der Waals surface area contributed by atoms with E-state index in [1.54, 1.807) is 0 Å². The maximum Gasteiger partial charge on any atom is 0.335 e. The van der Waals surface area contributed by atoms with E-state index < -0.39 is 29.5 Å². The van der Waals surface area contributed by atoms with Gasteiger partial charge in [-0.05, 0) is 31.2 Å². The second kappa shape index (κ2) is 5.87. The molecule has 1 unspecified atom stereocenters. The fourth-order valence-corrected chi connectivity index (χ4v) is 1.93. The Balaban J connectivity index is 2.31. The van der Waals surface area contributed by atoms with E-state index in [4.69, 9.17) is 5.11 Å². The molecule has 0 spiro atoms. The summed E-state index contributed by atoms with van der Waals surface area (Å²) in [5, 5.41) is 11.5. The van der Waals surface area contributed by atoms with Crippen molar-refractivity contribution in [3.8, 4) is 0 Å². The lowest BCUT2D eigenvalue weighted by atomic mass is 10.1. The SMILES string of the molecule is CC(Nc1cc(C(=O)O)ccc1F)c1cccc(F)c1F. The predicted molar refractivity (Wildman–Crippen MR) is 71.8 cm³/mol. The first-order chi connectivity index (χ1) is 9.90. The predicted octanol–water partition coefficient (Wildman–Crippen LogP) is 3.98. The Bertz CT molecular complexity index is 689. The van der Waals surface area contributed by atoms with E-state index in [0.717, 1.165) is 24.3 Å². The zero-order chi connectivity index (χ0) is 15.6. The number of benzene rings is 2. The standard InChI is InChI=1S/C15H12F3NO2/c1-8(10-3-2-4-12(17)14(10)18)19-13-7-9(15(20)21)5-6-11(13)16/h2-8,19H,1H3,(H,20,21). The molecule has 6 heteroatoms. The Morgan fingerprint density at radius 1 is 1.14 bits per heavy atom. The largest absolute Gasteiger partial charge is 0.478 e. The summed E-state index contributed by atoms with van der Waals surface area (Å²) in [6.45, 7) is 1.52. The van der Waals surface area contributed by atoms with Crippen molar-refractivity contribution in [2.45, 2.75) is 13.0 Å². The number of aromatic carboxylic acids is 1. The molecule has 0 aliphatic rings. The molecule has 0 amide bonds. The van der Waals surface area contributed by atoms with E-state index >= 15 is 0 Å². The van der Waals surface area contributed by atoms with Crippen molar-refractivity contribution in [1.82, 2.24) is 0 Å². The van der Waals surface area contributed by atoms with Crippen LogP contribution in [0.1, 0.15) is 28.9 Å². The van der Waals surface area contributed by atoms with Gasteiger partial charge in [-0.15, -0.1) is 0 Å². The minimum Gasteiger partial charge on any atom is -0.478 e. The van der Waals surface area contributed by atoms with Crippen molar-refractivity contribution in [1.29, 1.82) is 0 Å². The first kappa shape index (κ1) is 14.9. The summed E-state index contributed by atoms with van der Waals surface area (Å²) in [7, 11) is 0. The van der Waals surface area contributed by atoms with Gasteiger partial charge in [0.25, 0.3) is 0 Å².